The van der Waals surface area contributed by atoms with E-state index in [1.165, 1.54) is 0 Å². The number of benzene rings is 7. The molecule has 284 valence electrons. The van der Waals surface area contributed by atoms with Gasteiger partial charge in [-0.2, -0.15) is 10.5 Å². The van der Waals surface area contributed by atoms with Crippen LogP contribution in [0.5, 0.6) is 0 Å². The SMILES string of the molecule is CCC1Nc2ccccc2N1c1cc(C#N)cc(-c2cccc(-c3ccc(C#N)c(-c4cc(C5N=C(c6ccccc6)N=C(c6ccccc6)N5)c(N)cc4N)c3)c2)c1. The molecule has 6 N–H and O–H groups in total. The number of nitrogen functional groups attached to an aromatic ring is 2. The first-order valence-electron chi connectivity index (χ1n) is 19.5. The second-order valence-electron chi connectivity index (χ2n) is 14.5. The minimum atomic E-state index is -0.589. The summed E-state index contributed by atoms with van der Waals surface area (Å²) in [5.74, 6) is 1.24. The smallest absolute Gasteiger partial charge is 0.159 e. The van der Waals surface area contributed by atoms with Gasteiger partial charge < -0.3 is 27.0 Å². The van der Waals surface area contributed by atoms with Crippen LogP contribution in [-0.4, -0.2) is 17.8 Å². The van der Waals surface area contributed by atoms with Crippen LogP contribution in [0.2, 0.25) is 0 Å². The van der Waals surface area contributed by atoms with Gasteiger partial charge in [0.05, 0.1) is 34.6 Å². The minimum Gasteiger partial charge on any atom is -0.398 e. The van der Waals surface area contributed by atoms with Crippen molar-refractivity contribution in [3.8, 4) is 45.5 Å². The molecule has 0 aliphatic carbocycles. The van der Waals surface area contributed by atoms with Crippen molar-refractivity contribution in [2.75, 3.05) is 21.7 Å². The van der Waals surface area contributed by atoms with Crippen LogP contribution in [0.1, 0.15) is 47.3 Å². The Kier molecular flexibility index (Phi) is 9.54. The first-order valence-corrected chi connectivity index (χ1v) is 19.5. The Hall–Kier alpha value is -8.14. The number of hydrogen-bond acceptors (Lipinski definition) is 9. The Morgan fingerprint density at radius 1 is 0.610 bits per heavy atom. The quantitative estimate of drug-likeness (QED) is 0.112. The van der Waals surface area contributed by atoms with Gasteiger partial charge in [0, 0.05) is 44.9 Å². The van der Waals surface area contributed by atoms with Crippen molar-refractivity contribution < 1.29 is 0 Å². The van der Waals surface area contributed by atoms with Gasteiger partial charge in [-0.15, -0.1) is 0 Å². The fourth-order valence-corrected chi connectivity index (χ4v) is 7.91. The highest BCUT2D eigenvalue weighted by Crippen LogP contribution is 2.43. The number of nitrogens with zero attached hydrogens (tertiary/aromatic N) is 5. The maximum atomic E-state index is 10.4. The zero-order chi connectivity index (χ0) is 40.5. The van der Waals surface area contributed by atoms with E-state index in [4.69, 9.17) is 21.5 Å². The molecule has 0 fully saturated rings. The average molecular weight is 766 g/mol. The summed E-state index contributed by atoms with van der Waals surface area (Å²) in [6.07, 6.45) is 0.345. The van der Waals surface area contributed by atoms with E-state index in [2.05, 4.69) is 64.9 Å². The van der Waals surface area contributed by atoms with Gasteiger partial charge in [0.25, 0.3) is 0 Å². The third-order valence-corrected chi connectivity index (χ3v) is 10.8. The Labute approximate surface area is 343 Å². The number of anilines is 5. The molecule has 0 aromatic heterocycles. The number of hydrogen-bond donors (Lipinski definition) is 4. The third-order valence-electron chi connectivity index (χ3n) is 10.8. The lowest BCUT2D eigenvalue weighted by Gasteiger charge is -2.27. The van der Waals surface area contributed by atoms with Crippen LogP contribution >= 0.6 is 0 Å². The molecule has 0 amide bonds. The molecular weight excluding hydrogens is 727 g/mol. The van der Waals surface area contributed by atoms with Gasteiger partial charge in [-0.25, -0.2) is 9.98 Å². The van der Waals surface area contributed by atoms with Crippen LogP contribution in [0.4, 0.5) is 28.4 Å². The zero-order valence-corrected chi connectivity index (χ0v) is 32.3. The summed E-state index contributed by atoms with van der Waals surface area (Å²) in [5, 5.41) is 27.7. The largest absolute Gasteiger partial charge is 0.398 e. The molecule has 2 atom stereocenters. The molecule has 9 nitrogen and oxygen atoms in total. The molecule has 2 unspecified atom stereocenters. The Morgan fingerprint density at radius 2 is 1.31 bits per heavy atom. The van der Waals surface area contributed by atoms with Crippen LogP contribution in [0.3, 0.4) is 0 Å². The van der Waals surface area contributed by atoms with Crippen molar-refractivity contribution in [1.82, 2.24) is 5.32 Å². The van der Waals surface area contributed by atoms with Crippen LogP contribution in [-0.2, 0) is 0 Å². The second kappa shape index (κ2) is 15.4. The highest BCUT2D eigenvalue weighted by atomic mass is 15.3. The van der Waals surface area contributed by atoms with Crippen molar-refractivity contribution in [1.29, 1.82) is 10.5 Å². The summed E-state index contributed by atoms with van der Waals surface area (Å²) in [7, 11) is 0. The molecule has 9 heteroatoms. The van der Waals surface area contributed by atoms with Crippen molar-refractivity contribution in [2.24, 2.45) is 9.98 Å². The van der Waals surface area contributed by atoms with Crippen molar-refractivity contribution in [2.45, 2.75) is 25.7 Å². The van der Waals surface area contributed by atoms with Gasteiger partial charge in [0.2, 0.25) is 0 Å². The van der Waals surface area contributed by atoms with Gasteiger partial charge in [-0.1, -0.05) is 104 Å². The topological polar surface area (TPSA) is 152 Å². The molecule has 2 heterocycles. The average Bonchev–Trinajstić information content (AvgIpc) is 3.68. The molecular formula is C50H39N9. The van der Waals surface area contributed by atoms with Crippen LogP contribution in [0.15, 0.2) is 168 Å². The molecule has 2 aliphatic rings. The van der Waals surface area contributed by atoms with Gasteiger partial charge >= 0.3 is 0 Å². The molecule has 0 saturated heterocycles. The van der Waals surface area contributed by atoms with Crippen molar-refractivity contribution in [3.05, 3.63) is 186 Å². The van der Waals surface area contributed by atoms with Gasteiger partial charge in [-0.05, 0) is 89.3 Å². The number of aliphatic imine (C=N–C) groups is 2. The number of nitriles is 2. The Bertz CT molecular complexity index is 2890. The highest BCUT2D eigenvalue weighted by Gasteiger charge is 2.29. The summed E-state index contributed by atoms with van der Waals surface area (Å²) in [5.41, 5.74) is 26.1. The molecule has 9 rings (SSSR count). The Balaban J connectivity index is 1.10. The van der Waals surface area contributed by atoms with Crippen molar-refractivity contribution >= 4 is 40.1 Å². The molecule has 7 aromatic rings. The monoisotopic (exact) mass is 765 g/mol. The number of amidine groups is 2. The lowest BCUT2D eigenvalue weighted by Crippen LogP contribution is -2.34. The Morgan fingerprint density at radius 3 is 2.05 bits per heavy atom. The molecule has 0 bridgehead atoms. The van der Waals surface area contributed by atoms with E-state index in [9.17, 15) is 10.5 Å². The lowest BCUT2D eigenvalue weighted by atomic mass is 9.91. The maximum absolute atomic E-state index is 10.4. The van der Waals surface area contributed by atoms with E-state index in [0.29, 0.717) is 50.9 Å². The second-order valence-corrected chi connectivity index (χ2v) is 14.5. The van der Waals surface area contributed by atoms with E-state index in [-0.39, 0.29) is 6.17 Å². The summed E-state index contributed by atoms with van der Waals surface area (Å²) < 4.78 is 0. The van der Waals surface area contributed by atoms with Crippen LogP contribution in [0.25, 0.3) is 33.4 Å². The normalized spacial score (nSPS) is 15.5. The van der Waals surface area contributed by atoms with Gasteiger partial charge in [0.1, 0.15) is 18.2 Å². The van der Waals surface area contributed by atoms with Crippen LogP contribution < -0.4 is 27.0 Å². The first-order chi connectivity index (χ1) is 28.9. The van der Waals surface area contributed by atoms with E-state index >= 15 is 0 Å². The zero-order valence-electron chi connectivity index (χ0n) is 32.3. The van der Waals surface area contributed by atoms with E-state index < -0.39 is 6.17 Å². The fourth-order valence-electron chi connectivity index (χ4n) is 7.91. The standard InChI is InChI=1S/C50H39N9/c1-2-47-55-45-18-9-10-19-46(45)59(47)39-23-31(29-51)22-38(25-39)35-17-11-16-34(24-35)36-20-21-37(30-52)40(26-36)41-27-42(44(54)28-43(41)53)50-57-48(32-12-5-3-6-13-32)56-49(58-50)33-14-7-4-8-15-33/h3-28,47,50,55H,2,53-54H2,1H3,(H,56,57,58). The number of nitrogens with two attached hydrogens (primary N) is 2. The molecule has 2 aliphatic heterocycles. The molecule has 0 spiro atoms. The predicted molar refractivity (Wildman–Crippen MR) is 239 cm³/mol. The number of fused-ring (bicyclic) bond motifs is 1. The van der Waals surface area contributed by atoms with Crippen LogP contribution in [0, 0.1) is 22.7 Å². The van der Waals surface area contributed by atoms with Gasteiger partial charge in [0.15, 0.2) is 5.84 Å². The molecule has 0 saturated carbocycles. The van der Waals surface area contributed by atoms with Crippen molar-refractivity contribution in [3.63, 3.8) is 0 Å². The number of rotatable bonds is 8. The third kappa shape index (κ3) is 6.99. The predicted octanol–water partition coefficient (Wildman–Crippen LogP) is 10.4. The lowest BCUT2D eigenvalue weighted by molar-refractivity contribution is 0.676. The highest BCUT2D eigenvalue weighted by molar-refractivity contribution is 6.13. The first kappa shape index (κ1) is 36.5. The maximum Gasteiger partial charge on any atom is 0.159 e. The summed E-state index contributed by atoms with van der Waals surface area (Å²) in [6, 6.07) is 56.5. The summed E-state index contributed by atoms with van der Waals surface area (Å²) >= 11 is 0. The number of nitrogens with one attached hydrogen (secondary N) is 2. The molecule has 59 heavy (non-hydrogen) atoms. The molecule has 7 aromatic carbocycles. The summed E-state index contributed by atoms with van der Waals surface area (Å²) in [4.78, 5) is 12.2. The molecule has 0 radical (unpaired) electrons. The van der Waals surface area contributed by atoms with E-state index in [1.54, 1.807) is 6.07 Å². The number of para-hydroxylation sites is 2. The van der Waals surface area contributed by atoms with Gasteiger partial charge in [-0.3, -0.25) is 0 Å². The van der Waals surface area contributed by atoms with E-state index in [1.807, 2.05) is 121 Å². The van der Waals surface area contributed by atoms with E-state index in [0.717, 1.165) is 56.9 Å². The summed E-state index contributed by atoms with van der Waals surface area (Å²) in [6.45, 7) is 2.15. The fraction of sp³-hybridized carbons (Fsp3) is 0.0800. The minimum absolute atomic E-state index is 0.0598.